The van der Waals surface area contributed by atoms with Crippen LogP contribution in [-0.2, 0) is 10.5 Å². The number of hydrogen-bond donors (Lipinski definition) is 3. The van der Waals surface area contributed by atoms with Gasteiger partial charge in [-0.15, -0.1) is 0 Å². The highest BCUT2D eigenvalue weighted by Gasteiger charge is 2.50. The van der Waals surface area contributed by atoms with Gasteiger partial charge in [-0.1, -0.05) is 30.3 Å². The third-order valence-corrected chi connectivity index (χ3v) is 5.58. The van der Waals surface area contributed by atoms with Gasteiger partial charge in [0, 0.05) is 22.4 Å². The molecule has 0 fully saturated rings. The van der Waals surface area contributed by atoms with Crippen molar-refractivity contribution >= 4 is 34.7 Å². The van der Waals surface area contributed by atoms with Crippen LogP contribution in [0.25, 0.3) is 11.0 Å². The Labute approximate surface area is 187 Å². The largest absolute Gasteiger partial charge is 0.453 e. The van der Waals surface area contributed by atoms with E-state index < -0.39 is 11.8 Å². The minimum absolute atomic E-state index is 0.183. The lowest BCUT2D eigenvalue weighted by Crippen LogP contribution is -2.45. The van der Waals surface area contributed by atoms with E-state index in [1.165, 1.54) is 12.0 Å². The first-order chi connectivity index (χ1) is 16.0. The number of aliphatic hydroxyl groups is 1. The molecule has 0 spiro atoms. The number of nitrogens with one attached hydrogen (secondary N) is 2. The summed E-state index contributed by atoms with van der Waals surface area (Å²) in [5, 5.41) is 23.9. The third-order valence-electron chi connectivity index (χ3n) is 5.58. The SMILES string of the molecule is COC(=O)Nc1nc2ccc(C3(O)c4ccccc4C(=O)N3c3cccc(C#N)c3)cc2[nH]1. The Hall–Kier alpha value is -4.68. The number of ether oxygens (including phenoxy) is 1. The Balaban J connectivity index is 1.69. The van der Waals surface area contributed by atoms with Crippen LogP contribution < -0.4 is 10.2 Å². The number of benzene rings is 3. The Morgan fingerprint density at radius 1 is 1.18 bits per heavy atom. The van der Waals surface area contributed by atoms with Crippen molar-refractivity contribution in [3.05, 3.63) is 89.0 Å². The smallest absolute Gasteiger partial charge is 0.413 e. The second-order valence-corrected chi connectivity index (χ2v) is 7.45. The zero-order valence-corrected chi connectivity index (χ0v) is 17.4. The summed E-state index contributed by atoms with van der Waals surface area (Å²) >= 11 is 0. The fourth-order valence-corrected chi connectivity index (χ4v) is 4.10. The van der Waals surface area contributed by atoms with Crippen molar-refractivity contribution in [2.75, 3.05) is 17.3 Å². The van der Waals surface area contributed by atoms with Gasteiger partial charge in [0.2, 0.25) is 5.95 Å². The first-order valence-corrected chi connectivity index (χ1v) is 9.97. The van der Waals surface area contributed by atoms with Crippen LogP contribution in [0, 0.1) is 11.3 Å². The standard InChI is InChI=1S/C24H17N5O4/c1-33-23(31)28-22-26-19-10-9-15(12-20(19)27-22)24(32)18-8-3-2-7-17(18)21(30)29(24)16-6-4-5-14(11-16)13-25/h2-12,32H,1H3,(H2,26,27,28,31). The number of H-pyrrole nitrogens is 1. The maximum Gasteiger partial charge on any atom is 0.413 e. The number of carbonyl (C=O) groups excluding carboxylic acids is 2. The number of carbonyl (C=O) groups is 2. The van der Waals surface area contributed by atoms with Crippen LogP contribution in [0.2, 0.25) is 0 Å². The minimum Gasteiger partial charge on any atom is -0.453 e. The van der Waals surface area contributed by atoms with Gasteiger partial charge in [-0.2, -0.15) is 5.26 Å². The number of nitriles is 1. The molecule has 2 heterocycles. The highest BCUT2D eigenvalue weighted by atomic mass is 16.5. The van der Waals surface area contributed by atoms with Gasteiger partial charge in [-0.3, -0.25) is 15.0 Å². The number of nitrogens with zero attached hydrogens (tertiary/aromatic N) is 3. The van der Waals surface area contributed by atoms with Crippen molar-refractivity contribution in [2.24, 2.45) is 0 Å². The molecule has 0 saturated carbocycles. The van der Waals surface area contributed by atoms with E-state index in [2.05, 4.69) is 26.1 Å². The van der Waals surface area contributed by atoms with Gasteiger partial charge in [0.15, 0.2) is 5.72 Å². The molecular weight excluding hydrogens is 422 g/mol. The number of amides is 2. The fraction of sp³-hybridized carbons (Fsp3) is 0.0833. The van der Waals surface area contributed by atoms with E-state index in [9.17, 15) is 20.0 Å². The lowest BCUT2D eigenvalue weighted by molar-refractivity contribution is 0.0704. The molecule has 9 heteroatoms. The minimum atomic E-state index is -1.84. The molecule has 1 aromatic heterocycles. The summed E-state index contributed by atoms with van der Waals surface area (Å²) in [7, 11) is 1.25. The van der Waals surface area contributed by atoms with E-state index in [1.807, 2.05) is 0 Å². The second-order valence-electron chi connectivity index (χ2n) is 7.45. The highest BCUT2D eigenvalue weighted by molar-refractivity contribution is 6.12. The number of imidazole rings is 1. The molecule has 0 bridgehead atoms. The summed E-state index contributed by atoms with van der Waals surface area (Å²) in [5.41, 5.74) is 1.18. The second kappa shape index (κ2) is 7.47. The van der Waals surface area contributed by atoms with Crippen LogP contribution in [0.4, 0.5) is 16.4 Å². The van der Waals surface area contributed by atoms with E-state index in [0.29, 0.717) is 39.0 Å². The number of hydrogen-bond acceptors (Lipinski definition) is 6. The molecule has 4 aromatic rings. The zero-order valence-electron chi connectivity index (χ0n) is 17.4. The monoisotopic (exact) mass is 439 g/mol. The van der Waals surface area contributed by atoms with Crippen LogP contribution in [0.15, 0.2) is 66.7 Å². The van der Waals surface area contributed by atoms with Crippen molar-refractivity contribution < 1.29 is 19.4 Å². The van der Waals surface area contributed by atoms with Gasteiger partial charge in [-0.05, 0) is 36.4 Å². The molecule has 9 nitrogen and oxygen atoms in total. The molecule has 33 heavy (non-hydrogen) atoms. The Bertz CT molecular complexity index is 1470. The van der Waals surface area contributed by atoms with Crippen LogP contribution in [-0.4, -0.2) is 34.2 Å². The summed E-state index contributed by atoms with van der Waals surface area (Å²) in [6.07, 6.45) is -0.674. The van der Waals surface area contributed by atoms with E-state index in [1.54, 1.807) is 66.7 Å². The molecule has 1 aliphatic heterocycles. The number of anilines is 2. The number of aromatic amines is 1. The third kappa shape index (κ3) is 3.09. The van der Waals surface area contributed by atoms with E-state index in [-0.39, 0.29) is 11.9 Å². The van der Waals surface area contributed by atoms with Crippen molar-refractivity contribution in [3.8, 4) is 6.07 Å². The molecule has 1 atom stereocenters. The normalized spacial score (nSPS) is 17.0. The molecule has 3 N–H and O–H groups in total. The van der Waals surface area contributed by atoms with Crippen molar-refractivity contribution in [3.63, 3.8) is 0 Å². The average Bonchev–Trinajstić information content (AvgIpc) is 3.34. The molecule has 0 saturated heterocycles. The topological polar surface area (TPSA) is 131 Å². The van der Waals surface area contributed by atoms with Crippen LogP contribution >= 0.6 is 0 Å². The van der Waals surface area contributed by atoms with Gasteiger partial charge in [0.05, 0.1) is 29.8 Å². The molecule has 0 radical (unpaired) electrons. The fourth-order valence-electron chi connectivity index (χ4n) is 4.10. The molecule has 1 aliphatic rings. The van der Waals surface area contributed by atoms with Gasteiger partial charge in [0.1, 0.15) is 0 Å². The maximum absolute atomic E-state index is 13.4. The number of methoxy groups -OCH3 is 1. The van der Waals surface area contributed by atoms with Crippen molar-refractivity contribution in [2.45, 2.75) is 5.72 Å². The predicted octanol–water partition coefficient (Wildman–Crippen LogP) is 3.47. The van der Waals surface area contributed by atoms with Crippen LogP contribution in [0.1, 0.15) is 27.0 Å². The van der Waals surface area contributed by atoms with Gasteiger partial charge < -0.3 is 14.8 Å². The molecule has 2 amide bonds. The molecule has 0 aliphatic carbocycles. The molecule has 5 rings (SSSR count). The molecular formula is C24H17N5O4. The number of rotatable bonds is 3. The Kier molecular flexibility index (Phi) is 4.58. The lowest BCUT2D eigenvalue weighted by atomic mass is 9.93. The van der Waals surface area contributed by atoms with Crippen molar-refractivity contribution in [1.82, 2.24) is 9.97 Å². The zero-order chi connectivity index (χ0) is 23.2. The molecule has 162 valence electrons. The summed E-state index contributed by atoms with van der Waals surface area (Å²) < 4.78 is 4.59. The van der Waals surface area contributed by atoms with Crippen LogP contribution in [0.3, 0.4) is 0 Å². The Morgan fingerprint density at radius 2 is 2.00 bits per heavy atom. The van der Waals surface area contributed by atoms with Gasteiger partial charge in [0.25, 0.3) is 5.91 Å². The maximum atomic E-state index is 13.4. The summed E-state index contributed by atoms with van der Waals surface area (Å²) in [4.78, 5) is 33.5. The first kappa shape index (κ1) is 20.2. The predicted molar refractivity (Wildman–Crippen MR) is 120 cm³/mol. The summed E-state index contributed by atoms with van der Waals surface area (Å²) in [6, 6.07) is 20.4. The van der Waals surface area contributed by atoms with E-state index in [4.69, 9.17) is 0 Å². The highest BCUT2D eigenvalue weighted by Crippen LogP contribution is 2.45. The number of fused-ring (bicyclic) bond motifs is 2. The first-order valence-electron chi connectivity index (χ1n) is 9.97. The Morgan fingerprint density at radius 3 is 2.79 bits per heavy atom. The van der Waals surface area contributed by atoms with Gasteiger partial charge >= 0.3 is 6.09 Å². The van der Waals surface area contributed by atoms with E-state index >= 15 is 0 Å². The summed E-state index contributed by atoms with van der Waals surface area (Å²) in [6.45, 7) is 0. The average molecular weight is 439 g/mol. The lowest BCUT2D eigenvalue weighted by Gasteiger charge is -2.35. The quantitative estimate of drug-likeness (QED) is 0.448. The molecule has 3 aromatic carbocycles. The summed E-state index contributed by atoms with van der Waals surface area (Å²) in [5.74, 6) is -0.205. The van der Waals surface area contributed by atoms with Crippen molar-refractivity contribution in [1.29, 1.82) is 5.26 Å². The van der Waals surface area contributed by atoms with Gasteiger partial charge in [-0.25, -0.2) is 9.78 Å². The number of aromatic nitrogens is 2. The van der Waals surface area contributed by atoms with E-state index in [0.717, 1.165) is 0 Å². The van der Waals surface area contributed by atoms with Crippen LogP contribution in [0.5, 0.6) is 0 Å². The molecule has 1 unspecified atom stereocenters.